The third kappa shape index (κ3) is 1.11. The lowest BCUT2D eigenvalue weighted by Crippen LogP contribution is -1.62. The van der Waals surface area contributed by atoms with Gasteiger partial charge in [-0.15, -0.1) is 16.7 Å². The smallest absolute Gasteiger partial charge is 0.131 e. The number of aromatic nitrogens is 2. The number of rotatable bonds is 1. The zero-order valence-corrected chi connectivity index (χ0v) is 4.96. The molecule has 0 unspecified atom stereocenters. The summed E-state index contributed by atoms with van der Waals surface area (Å²) in [6.07, 6.45) is 2.61. The van der Waals surface area contributed by atoms with Crippen molar-refractivity contribution in [2.75, 3.05) is 0 Å². The van der Waals surface area contributed by atoms with Crippen molar-refractivity contribution >= 4 is 23.1 Å². The van der Waals surface area contributed by atoms with Crippen molar-refractivity contribution in [2.24, 2.45) is 0 Å². The largest absolute Gasteiger partial charge is 0.136 e. The Kier molecular flexibility index (Phi) is 1.59. The van der Waals surface area contributed by atoms with Gasteiger partial charge in [0.2, 0.25) is 0 Å². The second-order valence-electron chi connectivity index (χ2n) is 0.942. The minimum absolute atomic E-state index is 0.470. The molecule has 1 heterocycles. The van der Waals surface area contributed by atoms with Crippen LogP contribution in [0.1, 0.15) is 4.88 Å². The summed E-state index contributed by atoms with van der Waals surface area (Å²) < 4.78 is 3.54. The van der Waals surface area contributed by atoms with Gasteiger partial charge in [0.05, 0.1) is 10.8 Å². The molecule has 7 heavy (non-hydrogen) atoms. The van der Waals surface area contributed by atoms with E-state index in [2.05, 4.69) is 15.8 Å². The molecule has 1 rings (SSSR count). The fourth-order valence-electron chi connectivity index (χ4n) is 0.221. The minimum Gasteiger partial charge on any atom is -0.136 e. The van der Waals surface area contributed by atoms with E-state index in [-0.39, 0.29) is 0 Å². The molecule has 0 saturated carbocycles. The third-order valence-electron chi connectivity index (χ3n) is 0.488. The SMILES string of the molecule is ClCc1[c]nns1. The van der Waals surface area contributed by atoms with Crippen LogP contribution in [0.25, 0.3) is 0 Å². The maximum atomic E-state index is 5.37. The molecule has 0 aliphatic carbocycles. The Labute approximate surface area is 50.3 Å². The number of hydrogen-bond donors (Lipinski definition) is 0. The Hall–Kier alpha value is -0.150. The first kappa shape index (κ1) is 5.00. The monoisotopic (exact) mass is 133 g/mol. The van der Waals surface area contributed by atoms with Crippen molar-refractivity contribution < 1.29 is 0 Å². The van der Waals surface area contributed by atoms with Gasteiger partial charge in [0.25, 0.3) is 0 Å². The lowest BCUT2D eigenvalue weighted by atomic mass is 10.6. The molecule has 37 valence electrons. The number of halogens is 1. The van der Waals surface area contributed by atoms with Crippen molar-refractivity contribution in [2.45, 2.75) is 5.88 Å². The van der Waals surface area contributed by atoms with Crippen LogP contribution in [0.5, 0.6) is 0 Å². The quantitative estimate of drug-likeness (QED) is 0.536. The predicted molar refractivity (Wildman–Crippen MR) is 28.3 cm³/mol. The molecule has 0 N–H and O–H groups in total. The van der Waals surface area contributed by atoms with Gasteiger partial charge in [0.1, 0.15) is 6.20 Å². The van der Waals surface area contributed by atoms with Crippen molar-refractivity contribution in [1.82, 2.24) is 9.59 Å². The van der Waals surface area contributed by atoms with E-state index in [1.165, 1.54) is 11.5 Å². The van der Waals surface area contributed by atoms with Gasteiger partial charge in [-0.25, -0.2) is 0 Å². The van der Waals surface area contributed by atoms with Crippen LogP contribution in [0.2, 0.25) is 0 Å². The average Bonchev–Trinajstić information content (AvgIpc) is 2.14. The van der Waals surface area contributed by atoms with Gasteiger partial charge in [-0.1, -0.05) is 4.49 Å². The summed E-state index contributed by atoms with van der Waals surface area (Å²) >= 11 is 6.64. The molecule has 0 aliphatic rings. The van der Waals surface area contributed by atoms with Crippen LogP contribution in [0.15, 0.2) is 0 Å². The summed E-state index contributed by atoms with van der Waals surface area (Å²) in [6.45, 7) is 0. The first-order valence-corrected chi connectivity index (χ1v) is 2.99. The van der Waals surface area contributed by atoms with E-state index in [0.717, 1.165) is 4.88 Å². The molecule has 4 heteroatoms. The van der Waals surface area contributed by atoms with Gasteiger partial charge >= 0.3 is 0 Å². The van der Waals surface area contributed by atoms with E-state index in [0.29, 0.717) is 5.88 Å². The summed E-state index contributed by atoms with van der Waals surface area (Å²) in [5.74, 6) is 0.470. The van der Waals surface area contributed by atoms with Crippen molar-refractivity contribution in [3.05, 3.63) is 11.1 Å². The highest BCUT2D eigenvalue weighted by molar-refractivity contribution is 7.05. The molecule has 0 atom stereocenters. The molecule has 0 aliphatic heterocycles. The Morgan fingerprint density at radius 1 is 1.86 bits per heavy atom. The summed E-state index contributed by atoms with van der Waals surface area (Å²) in [4.78, 5) is 0.890. The molecule has 0 aromatic carbocycles. The van der Waals surface area contributed by atoms with Crippen molar-refractivity contribution in [3.63, 3.8) is 0 Å². The Morgan fingerprint density at radius 3 is 3.00 bits per heavy atom. The molecule has 2 nitrogen and oxygen atoms in total. The van der Waals surface area contributed by atoms with E-state index in [1.807, 2.05) is 0 Å². The first-order valence-electron chi connectivity index (χ1n) is 1.68. The fourth-order valence-corrected chi connectivity index (χ4v) is 0.737. The predicted octanol–water partition coefficient (Wildman–Crippen LogP) is 1.08. The third-order valence-corrected chi connectivity index (χ3v) is 1.53. The molecule has 0 bridgehead atoms. The topological polar surface area (TPSA) is 25.8 Å². The van der Waals surface area contributed by atoms with E-state index in [9.17, 15) is 0 Å². The van der Waals surface area contributed by atoms with E-state index in [4.69, 9.17) is 11.6 Å². The lowest BCUT2D eigenvalue weighted by Gasteiger charge is -1.71. The Morgan fingerprint density at radius 2 is 2.71 bits per heavy atom. The van der Waals surface area contributed by atoms with Crippen LogP contribution in [0.4, 0.5) is 0 Å². The molecule has 0 spiro atoms. The second kappa shape index (κ2) is 2.23. The van der Waals surface area contributed by atoms with Crippen LogP contribution in [0, 0.1) is 6.20 Å². The zero-order chi connectivity index (χ0) is 5.11. The summed E-state index contributed by atoms with van der Waals surface area (Å²) in [7, 11) is 0. The Bertz CT molecular complexity index is 127. The van der Waals surface area contributed by atoms with Gasteiger partial charge in [0, 0.05) is 0 Å². The molecule has 0 saturated heterocycles. The average molecular weight is 134 g/mol. The lowest BCUT2D eigenvalue weighted by molar-refractivity contribution is 1.14. The van der Waals surface area contributed by atoms with E-state index < -0.39 is 0 Å². The molecule has 0 amide bonds. The van der Waals surface area contributed by atoms with Crippen molar-refractivity contribution in [3.8, 4) is 0 Å². The minimum atomic E-state index is 0.470. The number of hydrogen-bond acceptors (Lipinski definition) is 3. The molecule has 1 radical (unpaired) electrons. The number of nitrogens with zero attached hydrogens (tertiary/aromatic N) is 2. The van der Waals surface area contributed by atoms with Crippen LogP contribution in [-0.2, 0) is 5.88 Å². The van der Waals surface area contributed by atoms with Gasteiger partial charge in [-0.05, 0) is 11.5 Å². The van der Waals surface area contributed by atoms with E-state index >= 15 is 0 Å². The maximum Gasteiger partial charge on any atom is 0.131 e. The maximum absolute atomic E-state index is 5.37. The van der Waals surface area contributed by atoms with E-state index in [1.54, 1.807) is 0 Å². The standard InChI is InChI=1S/C3H2ClN2S/c4-1-3-2-5-6-7-3/h1H2. The zero-order valence-electron chi connectivity index (χ0n) is 3.39. The summed E-state index contributed by atoms with van der Waals surface area (Å²) in [6, 6.07) is 0. The fraction of sp³-hybridized carbons (Fsp3) is 0.333. The summed E-state index contributed by atoms with van der Waals surface area (Å²) in [5, 5.41) is 3.45. The van der Waals surface area contributed by atoms with Crippen LogP contribution in [-0.4, -0.2) is 9.59 Å². The van der Waals surface area contributed by atoms with Gasteiger partial charge in [-0.3, -0.25) is 0 Å². The molecular formula is C3H2ClN2S. The Balaban J connectivity index is 2.76. The molecular weight excluding hydrogens is 132 g/mol. The molecule has 0 fully saturated rings. The highest BCUT2D eigenvalue weighted by atomic mass is 35.5. The normalized spacial score (nSPS) is 9.29. The highest BCUT2D eigenvalue weighted by Gasteiger charge is 1.89. The van der Waals surface area contributed by atoms with Gasteiger partial charge in [-0.2, -0.15) is 0 Å². The first-order chi connectivity index (χ1) is 3.43. The van der Waals surface area contributed by atoms with Gasteiger partial charge < -0.3 is 0 Å². The molecule has 1 aromatic heterocycles. The van der Waals surface area contributed by atoms with Crippen LogP contribution < -0.4 is 0 Å². The van der Waals surface area contributed by atoms with Crippen molar-refractivity contribution in [1.29, 1.82) is 0 Å². The number of alkyl halides is 1. The van der Waals surface area contributed by atoms with Crippen LogP contribution >= 0.6 is 23.1 Å². The molecule has 1 aromatic rings. The van der Waals surface area contributed by atoms with Gasteiger partial charge in [0.15, 0.2) is 0 Å². The highest BCUT2D eigenvalue weighted by Crippen LogP contribution is 2.02. The summed E-state index contributed by atoms with van der Waals surface area (Å²) in [5.41, 5.74) is 0. The van der Waals surface area contributed by atoms with Crippen LogP contribution in [0.3, 0.4) is 0 Å². The second-order valence-corrected chi connectivity index (χ2v) is 2.05.